The van der Waals surface area contributed by atoms with E-state index in [0.717, 1.165) is 38.4 Å². The number of carbonyl (C=O) groups excluding carboxylic acids is 1. The molecule has 0 saturated heterocycles. The molecule has 4 heteroatoms. The van der Waals surface area contributed by atoms with Crippen LogP contribution in [0.15, 0.2) is 0 Å². The number of methoxy groups -OCH3 is 1. The second kappa shape index (κ2) is 7.99. The quantitative estimate of drug-likeness (QED) is 0.547. The zero-order valence-corrected chi connectivity index (χ0v) is 13.1. The van der Waals surface area contributed by atoms with E-state index in [1.54, 1.807) is 0 Å². The van der Waals surface area contributed by atoms with Crippen LogP contribution < -0.4 is 5.32 Å². The van der Waals surface area contributed by atoms with E-state index >= 15 is 0 Å². The average molecular weight is 282 g/mol. The SMILES string of the molecule is COC(=O)C(NCCCN(C)C1CCCCC1)C1CC1. The van der Waals surface area contributed by atoms with Crippen molar-refractivity contribution in [3.8, 4) is 0 Å². The molecule has 2 rings (SSSR count). The fourth-order valence-electron chi connectivity index (χ4n) is 3.29. The molecule has 0 aromatic carbocycles. The number of hydrogen-bond acceptors (Lipinski definition) is 4. The largest absolute Gasteiger partial charge is 0.468 e. The molecule has 116 valence electrons. The molecule has 0 aliphatic heterocycles. The first-order chi connectivity index (χ1) is 9.72. The molecule has 2 aliphatic carbocycles. The van der Waals surface area contributed by atoms with Gasteiger partial charge in [-0.1, -0.05) is 19.3 Å². The maximum absolute atomic E-state index is 11.7. The van der Waals surface area contributed by atoms with Gasteiger partial charge in [-0.25, -0.2) is 0 Å². The molecule has 20 heavy (non-hydrogen) atoms. The highest BCUT2D eigenvalue weighted by Gasteiger charge is 2.36. The van der Waals surface area contributed by atoms with Gasteiger partial charge in [0.2, 0.25) is 0 Å². The van der Waals surface area contributed by atoms with E-state index in [1.165, 1.54) is 39.2 Å². The van der Waals surface area contributed by atoms with Crippen molar-refractivity contribution in [1.29, 1.82) is 0 Å². The van der Waals surface area contributed by atoms with E-state index in [4.69, 9.17) is 4.74 Å². The van der Waals surface area contributed by atoms with Crippen molar-refractivity contribution in [2.24, 2.45) is 5.92 Å². The summed E-state index contributed by atoms with van der Waals surface area (Å²) < 4.78 is 4.88. The zero-order chi connectivity index (χ0) is 14.4. The van der Waals surface area contributed by atoms with E-state index in [1.807, 2.05) is 0 Å². The van der Waals surface area contributed by atoms with Gasteiger partial charge in [-0.2, -0.15) is 0 Å². The van der Waals surface area contributed by atoms with Gasteiger partial charge in [-0.3, -0.25) is 4.79 Å². The number of esters is 1. The van der Waals surface area contributed by atoms with E-state index in [-0.39, 0.29) is 12.0 Å². The number of nitrogens with zero attached hydrogens (tertiary/aromatic N) is 1. The number of hydrogen-bond donors (Lipinski definition) is 1. The first-order valence-corrected chi connectivity index (χ1v) is 8.24. The highest BCUT2D eigenvalue weighted by atomic mass is 16.5. The summed E-state index contributed by atoms with van der Waals surface area (Å²) in [6.07, 6.45) is 10.3. The van der Waals surface area contributed by atoms with Crippen molar-refractivity contribution in [3.05, 3.63) is 0 Å². The Kier molecular flexibility index (Phi) is 6.30. The number of ether oxygens (including phenoxy) is 1. The average Bonchev–Trinajstić information content (AvgIpc) is 3.32. The van der Waals surface area contributed by atoms with Crippen molar-refractivity contribution in [3.63, 3.8) is 0 Å². The number of rotatable bonds is 8. The first kappa shape index (κ1) is 15.8. The fourth-order valence-corrected chi connectivity index (χ4v) is 3.29. The van der Waals surface area contributed by atoms with Crippen LogP contribution in [0.4, 0.5) is 0 Å². The minimum Gasteiger partial charge on any atom is -0.468 e. The van der Waals surface area contributed by atoms with Gasteiger partial charge in [0.05, 0.1) is 7.11 Å². The predicted molar refractivity (Wildman–Crippen MR) is 80.7 cm³/mol. The molecule has 2 saturated carbocycles. The summed E-state index contributed by atoms with van der Waals surface area (Å²) in [4.78, 5) is 14.2. The van der Waals surface area contributed by atoms with Gasteiger partial charge in [0, 0.05) is 6.04 Å². The third-order valence-corrected chi connectivity index (χ3v) is 4.80. The molecule has 0 heterocycles. The Hall–Kier alpha value is -0.610. The van der Waals surface area contributed by atoms with Gasteiger partial charge in [0.1, 0.15) is 6.04 Å². The molecule has 1 N–H and O–H groups in total. The zero-order valence-electron chi connectivity index (χ0n) is 13.1. The lowest BCUT2D eigenvalue weighted by Gasteiger charge is -2.31. The maximum atomic E-state index is 11.7. The summed E-state index contributed by atoms with van der Waals surface area (Å²) in [5, 5.41) is 3.39. The normalized spacial score (nSPS) is 21.9. The monoisotopic (exact) mass is 282 g/mol. The lowest BCUT2D eigenvalue weighted by molar-refractivity contribution is -0.143. The van der Waals surface area contributed by atoms with Crippen molar-refractivity contribution >= 4 is 5.97 Å². The molecule has 0 amide bonds. The van der Waals surface area contributed by atoms with Crippen LogP contribution in [-0.4, -0.2) is 50.2 Å². The summed E-state index contributed by atoms with van der Waals surface area (Å²) in [5.41, 5.74) is 0. The highest BCUT2D eigenvalue weighted by Crippen LogP contribution is 2.33. The lowest BCUT2D eigenvalue weighted by atomic mass is 9.94. The van der Waals surface area contributed by atoms with Crippen molar-refractivity contribution in [2.75, 3.05) is 27.2 Å². The maximum Gasteiger partial charge on any atom is 0.323 e. The summed E-state index contributed by atoms with van der Waals surface area (Å²) in [6, 6.07) is 0.712. The van der Waals surface area contributed by atoms with E-state index in [2.05, 4.69) is 17.3 Å². The molecule has 0 aromatic rings. The Balaban J connectivity index is 1.61. The molecule has 2 aliphatic rings. The van der Waals surface area contributed by atoms with Crippen LogP contribution in [-0.2, 0) is 9.53 Å². The summed E-state index contributed by atoms with van der Waals surface area (Å²) in [6.45, 7) is 2.03. The molecule has 1 unspecified atom stereocenters. The van der Waals surface area contributed by atoms with E-state index in [9.17, 15) is 4.79 Å². The van der Waals surface area contributed by atoms with Crippen LogP contribution in [0.1, 0.15) is 51.4 Å². The highest BCUT2D eigenvalue weighted by molar-refractivity contribution is 5.76. The first-order valence-electron chi connectivity index (χ1n) is 8.24. The van der Waals surface area contributed by atoms with Gasteiger partial charge in [0.15, 0.2) is 0 Å². The Morgan fingerprint density at radius 2 is 1.95 bits per heavy atom. The predicted octanol–water partition coefficient (Wildman–Crippen LogP) is 2.18. The standard InChI is InChI=1S/C16H30N2O2/c1-18(14-7-4-3-5-8-14)12-6-11-17-15(13-9-10-13)16(19)20-2/h13-15,17H,3-12H2,1-2H3. The minimum absolute atomic E-state index is 0.0695. The molecule has 0 aromatic heterocycles. The molecular formula is C16H30N2O2. The smallest absolute Gasteiger partial charge is 0.323 e. The van der Waals surface area contributed by atoms with Gasteiger partial charge >= 0.3 is 5.97 Å². The Bertz CT molecular complexity index is 299. The molecule has 0 bridgehead atoms. The third kappa shape index (κ3) is 4.74. The van der Waals surface area contributed by atoms with Crippen molar-refractivity contribution in [1.82, 2.24) is 10.2 Å². The van der Waals surface area contributed by atoms with Crippen LogP contribution in [0.5, 0.6) is 0 Å². The minimum atomic E-state index is -0.0897. The second-order valence-electron chi connectivity index (χ2n) is 6.42. The van der Waals surface area contributed by atoms with Crippen LogP contribution in [0.25, 0.3) is 0 Å². The van der Waals surface area contributed by atoms with Crippen LogP contribution in [0.3, 0.4) is 0 Å². The molecule has 0 spiro atoms. The summed E-state index contributed by atoms with van der Waals surface area (Å²) in [5.74, 6) is 0.423. The van der Waals surface area contributed by atoms with Crippen LogP contribution in [0.2, 0.25) is 0 Å². The van der Waals surface area contributed by atoms with Crippen molar-refractivity contribution < 1.29 is 9.53 Å². The number of nitrogens with one attached hydrogen (secondary N) is 1. The van der Waals surface area contributed by atoms with Crippen LogP contribution in [0, 0.1) is 5.92 Å². The second-order valence-corrected chi connectivity index (χ2v) is 6.42. The van der Waals surface area contributed by atoms with Gasteiger partial charge < -0.3 is 15.0 Å². The molecule has 2 fully saturated rings. The summed E-state index contributed by atoms with van der Waals surface area (Å²) in [7, 11) is 3.73. The van der Waals surface area contributed by atoms with Gasteiger partial charge in [-0.05, 0) is 58.2 Å². The van der Waals surface area contributed by atoms with E-state index < -0.39 is 0 Å². The molecule has 0 radical (unpaired) electrons. The fraction of sp³-hybridized carbons (Fsp3) is 0.938. The Morgan fingerprint density at radius 3 is 2.55 bits per heavy atom. The van der Waals surface area contributed by atoms with Crippen LogP contribution >= 0.6 is 0 Å². The lowest BCUT2D eigenvalue weighted by Crippen LogP contribution is -2.41. The number of carbonyl (C=O) groups is 1. The molecule has 1 atom stereocenters. The summed E-state index contributed by atoms with van der Waals surface area (Å²) >= 11 is 0. The van der Waals surface area contributed by atoms with Gasteiger partial charge in [-0.15, -0.1) is 0 Å². The topological polar surface area (TPSA) is 41.6 Å². The third-order valence-electron chi connectivity index (χ3n) is 4.80. The molecule has 4 nitrogen and oxygen atoms in total. The Morgan fingerprint density at radius 1 is 1.25 bits per heavy atom. The van der Waals surface area contributed by atoms with Crippen molar-refractivity contribution in [2.45, 2.75) is 63.5 Å². The Labute approximate surface area is 123 Å². The van der Waals surface area contributed by atoms with Gasteiger partial charge in [0.25, 0.3) is 0 Å². The van der Waals surface area contributed by atoms with E-state index in [0.29, 0.717) is 5.92 Å². The molecular weight excluding hydrogens is 252 g/mol.